The van der Waals surface area contributed by atoms with E-state index in [-0.39, 0.29) is 16.0 Å². The molecular formula is C20H25N7O3S. The van der Waals surface area contributed by atoms with Crippen molar-refractivity contribution in [3.63, 3.8) is 0 Å². The molecular weight excluding hydrogens is 418 g/mol. The molecule has 0 radical (unpaired) electrons. The van der Waals surface area contributed by atoms with Crippen LogP contribution in [-0.2, 0) is 24.4 Å². The highest BCUT2D eigenvalue weighted by molar-refractivity contribution is 7.18. The van der Waals surface area contributed by atoms with Gasteiger partial charge >= 0.3 is 5.00 Å². The number of aromatic nitrogens is 4. The fraction of sp³-hybridized carbons (Fsp3) is 0.400. The summed E-state index contributed by atoms with van der Waals surface area (Å²) in [5, 5.41) is 21.8. The number of unbranched alkanes of at least 4 members (excludes halogenated alkanes) is 2. The third kappa shape index (κ3) is 7.54. The number of nitro groups is 1. The maximum absolute atomic E-state index is 11.9. The number of carbonyl (C=O) groups excluding carboxylic acids is 1. The number of aryl methyl sites for hydroxylation is 1. The summed E-state index contributed by atoms with van der Waals surface area (Å²) in [6.45, 7) is 2.32. The molecule has 1 N–H and O–H groups in total. The van der Waals surface area contributed by atoms with E-state index in [1.165, 1.54) is 5.56 Å². The highest BCUT2D eigenvalue weighted by atomic mass is 32.1. The Morgan fingerprint density at radius 3 is 2.77 bits per heavy atom. The van der Waals surface area contributed by atoms with Gasteiger partial charge in [-0.15, -0.1) is 5.10 Å². The highest BCUT2D eigenvalue weighted by Crippen LogP contribution is 2.25. The molecule has 0 saturated heterocycles. The standard InChI is InChI=1S/C20H25N7O3S/c1-25(13-16-8-4-2-5-9-16)14-17-15-26(24-23-17)11-7-3-6-10-18(28)22-20-21-12-19(31-20)27(29)30/h2,4-5,8-9,12,15H,3,6-7,10-11,13-14H2,1H3,(H,21,22,28). The van der Waals surface area contributed by atoms with Crippen molar-refractivity contribution < 1.29 is 9.72 Å². The molecule has 3 rings (SSSR count). The Kier molecular flexibility index (Phi) is 8.19. The van der Waals surface area contributed by atoms with E-state index in [2.05, 4.69) is 44.7 Å². The lowest BCUT2D eigenvalue weighted by Crippen LogP contribution is -2.17. The van der Waals surface area contributed by atoms with Crippen molar-refractivity contribution >= 4 is 27.4 Å². The fourth-order valence-corrected chi connectivity index (χ4v) is 3.72. The molecule has 11 heteroatoms. The average molecular weight is 444 g/mol. The van der Waals surface area contributed by atoms with Crippen molar-refractivity contribution in [2.24, 2.45) is 0 Å². The fourth-order valence-electron chi connectivity index (χ4n) is 3.07. The first-order valence-electron chi connectivity index (χ1n) is 10.0. The number of amides is 1. The Morgan fingerprint density at radius 1 is 1.23 bits per heavy atom. The minimum absolute atomic E-state index is 0.0891. The van der Waals surface area contributed by atoms with Gasteiger partial charge in [0.2, 0.25) is 5.91 Å². The zero-order chi connectivity index (χ0) is 22.1. The number of thiazole rings is 1. The van der Waals surface area contributed by atoms with Crippen molar-refractivity contribution in [3.05, 3.63) is 64.1 Å². The van der Waals surface area contributed by atoms with Crippen LogP contribution in [0.1, 0.15) is 36.9 Å². The number of carbonyl (C=O) groups is 1. The van der Waals surface area contributed by atoms with Gasteiger partial charge < -0.3 is 5.32 Å². The molecule has 164 valence electrons. The first-order valence-corrected chi connectivity index (χ1v) is 10.8. The van der Waals surface area contributed by atoms with Gasteiger partial charge in [-0.1, -0.05) is 42.0 Å². The molecule has 0 aliphatic carbocycles. The molecule has 0 aliphatic rings. The minimum atomic E-state index is -0.524. The van der Waals surface area contributed by atoms with Crippen molar-refractivity contribution in [3.8, 4) is 0 Å². The summed E-state index contributed by atoms with van der Waals surface area (Å²) < 4.78 is 1.83. The van der Waals surface area contributed by atoms with Crippen molar-refractivity contribution in [1.29, 1.82) is 0 Å². The van der Waals surface area contributed by atoms with Crippen LogP contribution in [0, 0.1) is 10.1 Å². The van der Waals surface area contributed by atoms with Crippen LogP contribution in [0.25, 0.3) is 0 Å². The Labute approximate surface area is 184 Å². The van der Waals surface area contributed by atoms with Gasteiger partial charge in [0.25, 0.3) is 0 Å². The molecule has 0 saturated carbocycles. The number of benzene rings is 1. The maximum atomic E-state index is 11.9. The van der Waals surface area contributed by atoms with Crippen molar-refractivity contribution in [1.82, 2.24) is 24.9 Å². The van der Waals surface area contributed by atoms with Crippen LogP contribution in [0.15, 0.2) is 42.7 Å². The van der Waals surface area contributed by atoms with Gasteiger partial charge in [0.15, 0.2) is 5.13 Å². The van der Waals surface area contributed by atoms with Crippen LogP contribution < -0.4 is 5.32 Å². The summed E-state index contributed by atoms with van der Waals surface area (Å²) in [6.07, 6.45) is 5.93. The second kappa shape index (κ2) is 11.3. The summed E-state index contributed by atoms with van der Waals surface area (Å²) in [5.74, 6) is -0.186. The zero-order valence-corrected chi connectivity index (χ0v) is 18.1. The molecule has 3 aromatic rings. The van der Waals surface area contributed by atoms with Crippen LogP contribution in [0.2, 0.25) is 0 Å². The molecule has 0 atom stereocenters. The van der Waals surface area contributed by atoms with E-state index in [1.54, 1.807) is 0 Å². The summed E-state index contributed by atoms with van der Waals surface area (Å²) in [7, 11) is 2.06. The number of nitrogens with one attached hydrogen (secondary N) is 1. The third-order valence-electron chi connectivity index (χ3n) is 4.52. The van der Waals surface area contributed by atoms with E-state index in [1.807, 2.05) is 29.1 Å². The smallest absolute Gasteiger partial charge is 0.302 e. The van der Waals surface area contributed by atoms with E-state index < -0.39 is 4.92 Å². The van der Waals surface area contributed by atoms with Gasteiger partial charge in [-0.25, -0.2) is 4.98 Å². The largest absolute Gasteiger partial charge is 0.345 e. The predicted molar refractivity (Wildman–Crippen MR) is 118 cm³/mol. The quantitative estimate of drug-likeness (QED) is 0.258. The summed E-state index contributed by atoms with van der Waals surface area (Å²) in [4.78, 5) is 28.1. The molecule has 1 amide bonds. The average Bonchev–Trinajstić information content (AvgIpc) is 3.38. The van der Waals surface area contributed by atoms with Crippen molar-refractivity contribution in [2.75, 3.05) is 12.4 Å². The van der Waals surface area contributed by atoms with E-state index in [4.69, 9.17) is 0 Å². The molecule has 0 aliphatic heterocycles. The first kappa shape index (κ1) is 22.5. The maximum Gasteiger partial charge on any atom is 0.345 e. The number of nitrogens with zero attached hydrogens (tertiary/aromatic N) is 6. The second-order valence-electron chi connectivity index (χ2n) is 7.25. The van der Waals surface area contributed by atoms with Crippen LogP contribution in [0.5, 0.6) is 0 Å². The van der Waals surface area contributed by atoms with Crippen molar-refractivity contribution in [2.45, 2.75) is 45.3 Å². The van der Waals surface area contributed by atoms with Crippen LogP contribution in [0.4, 0.5) is 10.1 Å². The molecule has 0 unspecified atom stereocenters. The minimum Gasteiger partial charge on any atom is -0.302 e. The van der Waals surface area contributed by atoms with Gasteiger partial charge in [-0.2, -0.15) is 0 Å². The lowest BCUT2D eigenvalue weighted by Gasteiger charge is -2.14. The van der Waals surface area contributed by atoms with E-state index in [9.17, 15) is 14.9 Å². The Hall–Kier alpha value is -3.18. The lowest BCUT2D eigenvalue weighted by atomic mass is 10.2. The third-order valence-corrected chi connectivity index (χ3v) is 5.39. The van der Waals surface area contributed by atoms with E-state index in [0.717, 1.165) is 62.1 Å². The molecule has 0 spiro atoms. The zero-order valence-electron chi connectivity index (χ0n) is 17.3. The number of hydrogen-bond acceptors (Lipinski definition) is 8. The molecule has 31 heavy (non-hydrogen) atoms. The number of hydrogen-bond donors (Lipinski definition) is 1. The predicted octanol–water partition coefficient (Wildman–Crippen LogP) is 3.47. The van der Waals surface area contributed by atoms with Gasteiger partial charge in [-0.3, -0.25) is 24.5 Å². The normalized spacial score (nSPS) is 11.0. The monoisotopic (exact) mass is 443 g/mol. The molecule has 0 fully saturated rings. The van der Waals surface area contributed by atoms with Gasteiger partial charge in [0.1, 0.15) is 6.20 Å². The lowest BCUT2D eigenvalue weighted by molar-refractivity contribution is -0.380. The van der Waals surface area contributed by atoms with Gasteiger partial charge in [-0.05, 0) is 36.8 Å². The SMILES string of the molecule is CN(Cc1ccccc1)Cc1cn(CCCCCC(=O)Nc2ncc([N+](=O)[O-])s2)nn1. The summed E-state index contributed by atoms with van der Waals surface area (Å²) >= 11 is 0.853. The Balaban J connectivity index is 1.30. The number of anilines is 1. The molecule has 2 aromatic heterocycles. The Bertz CT molecular complexity index is 990. The second-order valence-corrected chi connectivity index (χ2v) is 8.26. The van der Waals surface area contributed by atoms with E-state index >= 15 is 0 Å². The molecule has 10 nitrogen and oxygen atoms in total. The Morgan fingerprint density at radius 2 is 2.03 bits per heavy atom. The highest BCUT2D eigenvalue weighted by Gasteiger charge is 2.13. The molecule has 0 bridgehead atoms. The number of rotatable bonds is 12. The van der Waals surface area contributed by atoms with Gasteiger partial charge in [0, 0.05) is 32.3 Å². The van der Waals surface area contributed by atoms with Crippen LogP contribution in [-0.4, -0.2) is 42.8 Å². The van der Waals surface area contributed by atoms with E-state index in [0.29, 0.717) is 6.42 Å². The van der Waals surface area contributed by atoms with Crippen LogP contribution >= 0.6 is 11.3 Å². The molecule has 1 aromatic carbocycles. The topological polar surface area (TPSA) is 119 Å². The van der Waals surface area contributed by atoms with Crippen LogP contribution in [0.3, 0.4) is 0 Å². The summed E-state index contributed by atoms with van der Waals surface area (Å²) in [6, 6.07) is 10.3. The molecule has 2 heterocycles. The summed E-state index contributed by atoms with van der Waals surface area (Å²) in [5.41, 5.74) is 2.19. The first-order chi connectivity index (χ1) is 15.0. The van der Waals surface area contributed by atoms with Gasteiger partial charge in [0.05, 0.1) is 10.6 Å².